The van der Waals surface area contributed by atoms with Crippen LogP contribution in [0.2, 0.25) is 0 Å². The van der Waals surface area contributed by atoms with Crippen LogP contribution in [0.25, 0.3) is 0 Å². The summed E-state index contributed by atoms with van der Waals surface area (Å²) < 4.78 is 2.06. The number of nitrogens with zero attached hydrogens (tertiary/aromatic N) is 2. The maximum Gasteiger partial charge on any atom is 0.102 e. The SMILES string of the molecule is CCc1c(C)nn(C2CC(C)c3ccccc3C2O)c1C. The molecule has 112 valence electrons. The van der Waals surface area contributed by atoms with Crippen LogP contribution in [0.15, 0.2) is 24.3 Å². The Labute approximate surface area is 126 Å². The maximum atomic E-state index is 10.8. The summed E-state index contributed by atoms with van der Waals surface area (Å²) in [5.74, 6) is 0.448. The van der Waals surface area contributed by atoms with E-state index in [1.807, 2.05) is 6.07 Å². The summed E-state index contributed by atoms with van der Waals surface area (Å²) in [6.45, 7) is 8.59. The van der Waals surface area contributed by atoms with Crippen molar-refractivity contribution in [1.29, 1.82) is 0 Å². The topological polar surface area (TPSA) is 38.0 Å². The van der Waals surface area contributed by atoms with Crippen molar-refractivity contribution in [2.24, 2.45) is 0 Å². The second-order valence-corrected chi connectivity index (χ2v) is 6.23. The molecule has 21 heavy (non-hydrogen) atoms. The van der Waals surface area contributed by atoms with Gasteiger partial charge in [-0.15, -0.1) is 0 Å². The smallest absolute Gasteiger partial charge is 0.102 e. The van der Waals surface area contributed by atoms with Crippen LogP contribution in [0.3, 0.4) is 0 Å². The van der Waals surface area contributed by atoms with Crippen LogP contribution in [-0.2, 0) is 6.42 Å². The van der Waals surface area contributed by atoms with Crippen molar-refractivity contribution in [3.05, 3.63) is 52.3 Å². The molecule has 1 aliphatic carbocycles. The minimum absolute atomic E-state index is 0.0360. The zero-order valence-electron chi connectivity index (χ0n) is 13.3. The molecule has 0 bridgehead atoms. The van der Waals surface area contributed by atoms with E-state index in [-0.39, 0.29) is 6.04 Å². The second kappa shape index (κ2) is 5.30. The first kappa shape index (κ1) is 14.3. The number of aliphatic hydroxyl groups excluding tert-OH is 1. The lowest BCUT2D eigenvalue weighted by Gasteiger charge is -2.34. The first-order chi connectivity index (χ1) is 10.0. The van der Waals surface area contributed by atoms with Gasteiger partial charge in [0.1, 0.15) is 6.10 Å². The number of hydrogen-bond acceptors (Lipinski definition) is 2. The number of aryl methyl sites for hydroxylation is 1. The molecule has 0 radical (unpaired) electrons. The Balaban J connectivity index is 2.05. The molecule has 1 heterocycles. The van der Waals surface area contributed by atoms with Crippen molar-refractivity contribution < 1.29 is 5.11 Å². The highest BCUT2D eigenvalue weighted by molar-refractivity contribution is 5.36. The molecule has 3 rings (SSSR count). The number of aromatic nitrogens is 2. The van der Waals surface area contributed by atoms with Crippen molar-refractivity contribution in [2.75, 3.05) is 0 Å². The van der Waals surface area contributed by atoms with Gasteiger partial charge >= 0.3 is 0 Å². The highest BCUT2D eigenvalue weighted by Gasteiger charge is 2.34. The van der Waals surface area contributed by atoms with Gasteiger partial charge in [-0.3, -0.25) is 4.68 Å². The van der Waals surface area contributed by atoms with Crippen LogP contribution in [0.5, 0.6) is 0 Å². The lowest BCUT2D eigenvalue weighted by Crippen LogP contribution is -2.27. The molecule has 2 aromatic rings. The molecule has 1 aromatic heterocycles. The van der Waals surface area contributed by atoms with Gasteiger partial charge in [-0.2, -0.15) is 5.10 Å². The van der Waals surface area contributed by atoms with E-state index in [0.717, 1.165) is 24.1 Å². The Morgan fingerprint density at radius 2 is 1.90 bits per heavy atom. The van der Waals surface area contributed by atoms with E-state index in [0.29, 0.717) is 5.92 Å². The van der Waals surface area contributed by atoms with Crippen LogP contribution >= 0.6 is 0 Å². The highest BCUT2D eigenvalue weighted by Crippen LogP contribution is 2.44. The standard InChI is InChI=1S/C18H24N2O/c1-5-14-12(3)19-20(13(14)4)17-10-11(2)15-8-6-7-9-16(15)18(17)21/h6-9,11,17-18,21H,5,10H2,1-4H3. The summed E-state index contributed by atoms with van der Waals surface area (Å²) in [6, 6.07) is 8.29. The van der Waals surface area contributed by atoms with Gasteiger partial charge in [-0.1, -0.05) is 38.1 Å². The van der Waals surface area contributed by atoms with Crippen molar-refractivity contribution in [2.45, 2.75) is 58.6 Å². The molecule has 0 fully saturated rings. The van der Waals surface area contributed by atoms with Crippen LogP contribution in [0.4, 0.5) is 0 Å². The molecule has 3 heteroatoms. The van der Waals surface area contributed by atoms with Crippen LogP contribution in [0, 0.1) is 13.8 Å². The predicted molar refractivity (Wildman–Crippen MR) is 84.5 cm³/mol. The van der Waals surface area contributed by atoms with E-state index >= 15 is 0 Å². The van der Waals surface area contributed by atoms with Gasteiger partial charge in [-0.05, 0) is 49.3 Å². The lowest BCUT2D eigenvalue weighted by atomic mass is 9.79. The van der Waals surface area contributed by atoms with E-state index in [1.165, 1.54) is 16.8 Å². The maximum absolute atomic E-state index is 10.8. The molecular formula is C18H24N2O. The molecule has 1 aromatic carbocycles. The fourth-order valence-corrected chi connectivity index (χ4v) is 3.82. The van der Waals surface area contributed by atoms with Gasteiger partial charge in [-0.25, -0.2) is 0 Å². The van der Waals surface area contributed by atoms with Gasteiger partial charge < -0.3 is 5.11 Å². The number of benzene rings is 1. The Bertz CT molecular complexity index is 659. The molecule has 1 N–H and O–H groups in total. The monoisotopic (exact) mass is 284 g/mol. The molecule has 3 atom stereocenters. The van der Waals surface area contributed by atoms with Crippen LogP contribution in [-0.4, -0.2) is 14.9 Å². The van der Waals surface area contributed by atoms with Gasteiger partial charge in [0.05, 0.1) is 11.7 Å². The normalized spacial score (nSPS) is 24.9. The summed E-state index contributed by atoms with van der Waals surface area (Å²) in [5.41, 5.74) is 5.94. The quantitative estimate of drug-likeness (QED) is 0.909. The number of aliphatic hydroxyl groups is 1. The van der Waals surface area contributed by atoms with Crippen molar-refractivity contribution in [1.82, 2.24) is 9.78 Å². The third kappa shape index (κ3) is 2.20. The summed E-state index contributed by atoms with van der Waals surface area (Å²) in [7, 11) is 0. The summed E-state index contributed by atoms with van der Waals surface area (Å²) in [5, 5.41) is 15.5. The Morgan fingerprint density at radius 1 is 1.24 bits per heavy atom. The molecule has 1 aliphatic rings. The summed E-state index contributed by atoms with van der Waals surface area (Å²) in [6.07, 6.45) is 1.45. The molecule has 0 saturated carbocycles. The molecule has 0 spiro atoms. The van der Waals surface area contributed by atoms with E-state index in [1.54, 1.807) is 0 Å². The summed E-state index contributed by atoms with van der Waals surface area (Å²) >= 11 is 0. The van der Waals surface area contributed by atoms with Crippen molar-refractivity contribution >= 4 is 0 Å². The Morgan fingerprint density at radius 3 is 2.52 bits per heavy atom. The number of hydrogen-bond donors (Lipinski definition) is 1. The Kier molecular flexibility index (Phi) is 3.62. The van der Waals surface area contributed by atoms with Crippen molar-refractivity contribution in [3.63, 3.8) is 0 Å². The average molecular weight is 284 g/mol. The average Bonchev–Trinajstić information content (AvgIpc) is 2.77. The highest BCUT2D eigenvalue weighted by atomic mass is 16.3. The third-order valence-corrected chi connectivity index (χ3v) is 4.95. The molecule has 3 nitrogen and oxygen atoms in total. The minimum atomic E-state index is -0.472. The molecule has 0 aliphatic heterocycles. The van der Waals surface area contributed by atoms with Crippen molar-refractivity contribution in [3.8, 4) is 0 Å². The van der Waals surface area contributed by atoms with E-state index < -0.39 is 6.10 Å². The van der Waals surface area contributed by atoms with Gasteiger partial charge in [0.15, 0.2) is 0 Å². The lowest BCUT2D eigenvalue weighted by molar-refractivity contribution is 0.0851. The molecule has 3 unspecified atom stereocenters. The number of rotatable bonds is 2. The predicted octanol–water partition coefficient (Wildman–Crippen LogP) is 3.84. The van der Waals surface area contributed by atoms with E-state index in [9.17, 15) is 5.11 Å². The van der Waals surface area contributed by atoms with Gasteiger partial charge in [0.25, 0.3) is 0 Å². The third-order valence-electron chi connectivity index (χ3n) is 4.95. The largest absolute Gasteiger partial charge is 0.386 e. The van der Waals surface area contributed by atoms with Gasteiger partial charge in [0, 0.05) is 5.69 Å². The zero-order valence-corrected chi connectivity index (χ0v) is 13.3. The second-order valence-electron chi connectivity index (χ2n) is 6.23. The van der Waals surface area contributed by atoms with Crippen LogP contribution < -0.4 is 0 Å². The fraction of sp³-hybridized carbons (Fsp3) is 0.500. The number of fused-ring (bicyclic) bond motifs is 1. The first-order valence-electron chi connectivity index (χ1n) is 7.86. The first-order valence-corrected chi connectivity index (χ1v) is 7.86. The molecule has 0 saturated heterocycles. The Hall–Kier alpha value is -1.61. The minimum Gasteiger partial charge on any atom is -0.386 e. The van der Waals surface area contributed by atoms with Gasteiger partial charge in [0.2, 0.25) is 0 Å². The van der Waals surface area contributed by atoms with E-state index in [4.69, 9.17) is 5.10 Å². The fourth-order valence-electron chi connectivity index (χ4n) is 3.82. The molecular weight excluding hydrogens is 260 g/mol. The molecule has 0 amide bonds. The summed E-state index contributed by atoms with van der Waals surface area (Å²) in [4.78, 5) is 0. The van der Waals surface area contributed by atoms with Crippen LogP contribution in [0.1, 0.15) is 66.4 Å². The van der Waals surface area contributed by atoms with E-state index in [2.05, 4.69) is 50.6 Å². The zero-order chi connectivity index (χ0) is 15.1.